The summed E-state index contributed by atoms with van der Waals surface area (Å²) in [5.74, 6) is 0.914. The number of nitrogens with zero attached hydrogens (tertiary/aromatic N) is 2. The summed E-state index contributed by atoms with van der Waals surface area (Å²) in [6, 6.07) is 0. The van der Waals surface area contributed by atoms with Crippen LogP contribution in [0.4, 0.5) is 0 Å². The smallest absolute Gasteiger partial charge is 0.244 e. The molecule has 0 radical (unpaired) electrons. The van der Waals surface area contributed by atoms with Crippen molar-refractivity contribution in [2.45, 2.75) is 24.5 Å². The van der Waals surface area contributed by atoms with Crippen LogP contribution in [0.25, 0.3) is 0 Å². The Morgan fingerprint density at radius 2 is 2.33 bits per heavy atom. The topological polar surface area (TPSA) is 99.1 Å². The third kappa shape index (κ3) is 2.03. The van der Waals surface area contributed by atoms with Crippen molar-refractivity contribution in [2.75, 3.05) is 12.3 Å². The largest absolute Gasteiger partial charge is 0.338 e. The molecule has 0 bridgehead atoms. The lowest BCUT2D eigenvalue weighted by Crippen LogP contribution is -2.09. The Labute approximate surface area is 87.8 Å². The maximum absolute atomic E-state index is 11.6. The van der Waals surface area contributed by atoms with E-state index in [-0.39, 0.29) is 11.6 Å². The fourth-order valence-corrected chi connectivity index (χ4v) is 3.48. The molecule has 0 saturated carbocycles. The summed E-state index contributed by atoms with van der Waals surface area (Å²) in [4.78, 5) is 4.04. The third-order valence-electron chi connectivity index (χ3n) is 2.46. The molecule has 0 aliphatic carbocycles. The van der Waals surface area contributed by atoms with E-state index in [4.69, 9.17) is 10.3 Å². The Balaban J connectivity index is 2.22. The van der Waals surface area contributed by atoms with Crippen LogP contribution in [-0.4, -0.2) is 30.9 Å². The zero-order valence-electron chi connectivity index (χ0n) is 8.22. The molecule has 7 heteroatoms. The minimum atomic E-state index is -3.07. The number of hydrogen-bond donors (Lipinski definition) is 1. The van der Waals surface area contributed by atoms with E-state index in [1.54, 1.807) is 0 Å². The van der Waals surface area contributed by atoms with E-state index in [1.165, 1.54) is 0 Å². The van der Waals surface area contributed by atoms with E-state index >= 15 is 0 Å². The van der Waals surface area contributed by atoms with Crippen LogP contribution >= 0.6 is 0 Å². The molecule has 0 amide bonds. The van der Waals surface area contributed by atoms with Crippen molar-refractivity contribution in [1.29, 1.82) is 0 Å². The summed E-state index contributed by atoms with van der Waals surface area (Å²) in [7, 11) is -3.07. The molecule has 1 aliphatic heterocycles. The Bertz CT molecular complexity index is 440. The highest BCUT2D eigenvalue weighted by Gasteiger charge is 2.36. The fraction of sp³-hybridized carbons (Fsp3) is 0.750. The van der Waals surface area contributed by atoms with Gasteiger partial charge in [0.25, 0.3) is 0 Å². The predicted molar refractivity (Wildman–Crippen MR) is 52.8 cm³/mol. The molecule has 1 saturated heterocycles. The molecule has 2 N–H and O–H groups in total. The Hall–Kier alpha value is -0.950. The van der Waals surface area contributed by atoms with Crippen LogP contribution in [0, 0.1) is 0 Å². The van der Waals surface area contributed by atoms with Crippen LogP contribution in [-0.2, 0) is 16.3 Å². The highest BCUT2D eigenvalue weighted by atomic mass is 32.2. The van der Waals surface area contributed by atoms with Gasteiger partial charge in [-0.3, -0.25) is 0 Å². The average Bonchev–Trinajstić information content (AvgIpc) is 2.72. The lowest BCUT2D eigenvalue weighted by atomic mass is 10.2. The summed E-state index contributed by atoms with van der Waals surface area (Å²) in [6.45, 7) is 0.427. The molecule has 6 nitrogen and oxygen atoms in total. The van der Waals surface area contributed by atoms with E-state index in [2.05, 4.69) is 10.1 Å². The lowest BCUT2D eigenvalue weighted by molar-refractivity contribution is 0.367. The molecular weight excluding hydrogens is 218 g/mol. The summed E-state index contributed by atoms with van der Waals surface area (Å²) in [6.07, 6.45) is 1.75. The van der Waals surface area contributed by atoms with Gasteiger partial charge in [0.15, 0.2) is 15.7 Å². The number of nitrogens with two attached hydrogens (primary N) is 1. The van der Waals surface area contributed by atoms with Crippen molar-refractivity contribution in [3.63, 3.8) is 0 Å². The van der Waals surface area contributed by atoms with Crippen molar-refractivity contribution in [1.82, 2.24) is 10.1 Å². The van der Waals surface area contributed by atoms with E-state index in [0.717, 1.165) is 0 Å². The summed E-state index contributed by atoms with van der Waals surface area (Å²) in [5.41, 5.74) is 5.34. The Kier molecular flexibility index (Phi) is 2.74. The summed E-state index contributed by atoms with van der Waals surface area (Å²) >= 11 is 0. The SMILES string of the molecule is NCCc1noc(C2CCCS2(=O)=O)n1. The molecule has 1 aromatic heterocycles. The zero-order valence-corrected chi connectivity index (χ0v) is 9.03. The molecule has 1 fully saturated rings. The van der Waals surface area contributed by atoms with Gasteiger partial charge in [-0.15, -0.1) is 0 Å². The van der Waals surface area contributed by atoms with Gasteiger partial charge in [0.2, 0.25) is 5.89 Å². The maximum Gasteiger partial charge on any atom is 0.244 e. The van der Waals surface area contributed by atoms with Crippen molar-refractivity contribution in [3.05, 3.63) is 11.7 Å². The van der Waals surface area contributed by atoms with Gasteiger partial charge >= 0.3 is 0 Å². The molecule has 1 aliphatic rings. The van der Waals surface area contributed by atoms with Gasteiger partial charge in [0, 0.05) is 6.42 Å². The van der Waals surface area contributed by atoms with Crippen molar-refractivity contribution in [3.8, 4) is 0 Å². The molecule has 1 atom stereocenters. The van der Waals surface area contributed by atoms with Crippen LogP contribution in [0.2, 0.25) is 0 Å². The second-order valence-corrected chi connectivity index (χ2v) is 5.89. The second-order valence-electron chi connectivity index (χ2n) is 3.59. The molecule has 0 spiro atoms. The van der Waals surface area contributed by atoms with E-state index in [0.29, 0.717) is 31.6 Å². The number of hydrogen-bond acceptors (Lipinski definition) is 6. The number of aromatic nitrogens is 2. The van der Waals surface area contributed by atoms with Gasteiger partial charge < -0.3 is 10.3 Å². The molecule has 15 heavy (non-hydrogen) atoms. The van der Waals surface area contributed by atoms with E-state index < -0.39 is 15.1 Å². The molecule has 0 aromatic carbocycles. The molecule has 84 valence electrons. The first-order valence-corrected chi connectivity index (χ1v) is 6.59. The summed E-state index contributed by atoms with van der Waals surface area (Å²) < 4.78 is 28.1. The number of sulfone groups is 1. The fourth-order valence-electron chi connectivity index (χ4n) is 1.70. The van der Waals surface area contributed by atoms with Gasteiger partial charge in [-0.1, -0.05) is 5.16 Å². The van der Waals surface area contributed by atoms with Crippen molar-refractivity contribution >= 4 is 9.84 Å². The first kappa shape index (κ1) is 10.6. The van der Waals surface area contributed by atoms with Crippen LogP contribution < -0.4 is 5.73 Å². The molecule has 1 unspecified atom stereocenters. The normalized spacial score (nSPS) is 24.5. The molecule has 1 aromatic rings. The monoisotopic (exact) mass is 231 g/mol. The van der Waals surface area contributed by atoms with Crippen LogP contribution in [0.15, 0.2) is 4.52 Å². The maximum atomic E-state index is 11.6. The zero-order chi connectivity index (χ0) is 10.9. The van der Waals surface area contributed by atoms with E-state index in [9.17, 15) is 8.42 Å². The van der Waals surface area contributed by atoms with Crippen molar-refractivity contribution < 1.29 is 12.9 Å². The van der Waals surface area contributed by atoms with Crippen LogP contribution in [0.5, 0.6) is 0 Å². The van der Waals surface area contributed by atoms with Gasteiger partial charge in [-0.05, 0) is 19.4 Å². The Morgan fingerprint density at radius 3 is 2.93 bits per heavy atom. The predicted octanol–water partition coefficient (Wildman–Crippen LogP) is -0.180. The quantitative estimate of drug-likeness (QED) is 0.774. The highest BCUT2D eigenvalue weighted by molar-refractivity contribution is 7.91. The molecular formula is C8H13N3O3S. The van der Waals surface area contributed by atoms with Crippen LogP contribution in [0.1, 0.15) is 29.8 Å². The van der Waals surface area contributed by atoms with Crippen LogP contribution in [0.3, 0.4) is 0 Å². The van der Waals surface area contributed by atoms with Gasteiger partial charge in [-0.25, -0.2) is 8.42 Å². The minimum Gasteiger partial charge on any atom is -0.338 e. The van der Waals surface area contributed by atoms with Crippen molar-refractivity contribution in [2.24, 2.45) is 5.73 Å². The van der Waals surface area contributed by atoms with E-state index in [1.807, 2.05) is 0 Å². The second kappa shape index (κ2) is 3.90. The third-order valence-corrected chi connectivity index (χ3v) is 4.62. The first-order chi connectivity index (χ1) is 7.13. The van der Waals surface area contributed by atoms with Gasteiger partial charge in [0.05, 0.1) is 5.75 Å². The molecule has 2 rings (SSSR count). The number of rotatable bonds is 3. The standard InChI is InChI=1S/C8H13N3O3S/c9-4-3-7-10-8(14-11-7)6-2-1-5-15(6,12)13/h6H,1-5,9H2. The van der Waals surface area contributed by atoms with Gasteiger partial charge in [0.1, 0.15) is 5.25 Å². The first-order valence-electron chi connectivity index (χ1n) is 4.87. The Morgan fingerprint density at radius 1 is 1.53 bits per heavy atom. The van der Waals surface area contributed by atoms with Gasteiger partial charge in [-0.2, -0.15) is 4.98 Å². The minimum absolute atomic E-state index is 0.215. The highest BCUT2D eigenvalue weighted by Crippen LogP contribution is 2.33. The summed E-state index contributed by atoms with van der Waals surface area (Å²) in [5, 5.41) is 3.09. The molecule has 2 heterocycles. The average molecular weight is 231 g/mol. The lowest BCUT2D eigenvalue weighted by Gasteiger charge is -2.01.